The van der Waals surface area contributed by atoms with E-state index >= 15 is 0 Å². The fraction of sp³-hybridized carbons (Fsp3) is 0.250. The van der Waals surface area contributed by atoms with Crippen molar-refractivity contribution in [2.75, 3.05) is 7.11 Å². The maximum Gasteiger partial charge on any atom is 0.329 e. The van der Waals surface area contributed by atoms with Crippen LogP contribution in [0.1, 0.15) is 5.56 Å². The summed E-state index contributed by atoms with van der Waals surface area (Å²) < 4.78 is 15.6. The first kappa shape index (κ1) is 13.9. The van der Waals surface area contributed by atoms with Crippen LogP contribution < -0.4 is 4.74 Å². The maximum absolute atomic E-state index is 10.8. The average molecular weight is 282 g/mol. The molecule has 0 fully saturated rings. The van der Waals surface area contributed by atoms with Crippen molar-refractivity contribution in [1.82, 2.24) is 0 Å². The first-order valence-corrected chi connectivity index (χ1v) is 6.47. The summed E-state index contributed by atoms with van der Waals surface area (Å²) in [5.41, 5.74) is -0.255. The molecule has 0 unspecified atom stereocenters. The van der Waals surface area contributed by atoms with Gasteiger partial charge < -0.3 is 14.5 Å². The van der Waals surface area contributed by atoms with Gasteiger partial charge in [-0.2, -0.15) is 0 Å². The van der Waals surface area contributed by atoms with Crippen LogP contribution in [0.5, 0.6) is 5.75 Å². The van der Waals surface area contributed by atoms with Gasteiger partial charge in [0.05, 0.1) is 23.2 Å². The molecule has 0 saturated heterocycles. The summed E-state index contributed by atoms with van der Waals surface area (Å²) in [4.78, 5) is 27.6. The van der Waals surface area contributed by atoms with E-state index in [4.69, 9.17) is 26.1 Å². The number of nitro groups is 1. The van der Waals surface area contributed by atoms with Crippen molar-refractivity contribution in [3.05, 3.63) is 32.8 Å². The molecule has 17 heavy (non-hydrogen) atoms. The average Bonchev–Trinajstić information content (AvgIpc) is 2.18. The predicted molar refractivity (Wildman–Crippen MR) is 60.4 cm³/mol. The smallest absolute Gasteiger partial charge is 0.329 e. The molecule has 0 atom stereocenters. The minimum Gasteiger partial charge on any atom is -0.490 e. The first-order valence-electron chi connectivity index (χ1n) is 4.30. The van der Waals surface area contributed by atoms with Crippen LogP contribution in [0.15, 0.2) is 12.1 Å². The van der Waals surface area contributed by atoms with Gasteiger partial charge in [0, 0.05) is 6.07 Å². The second-order valence-electron chi connectivity index (χ2n) is 3.20. The number of benzene rings is 1. The Morgan fingerprint density at radius 1 is 1.53 bits per heavy atom. The molecule has 9 heteroatoms. The molecular weight excluding hydrogens is 273 g/mol. The quantitative estimate of drug-likeness (QED) is 0.496. The van der Waals surface area contributed by atoms with Gasteiger partial charge in [0.2, 0.25) is 0 Å². The fourth-order valence-corrected chi connectivity index (χ4v) is 2.26. The van der Waals surface area contributed by atoms with Gasteiger partial charge in [0.15, 0.2) is 5.75 Å². The molecule has 0 aliphatic rings. The van der Waals surface area contributed by atoms with E-state index in [2.05, 4.69) is 0 Å². The van der Waals surface area contributed by atoms with Crippen LogP contribution in [0.3, 0.4) is 0 Å². The summed E-state index contributed by atoms with van der Waals surface area (Å²) in [6.45, 7) is 0. The van der Waals surface area contributed by atoms with E-state index in [-0.39, 0.29) is 22.0 Å². The monoisotopic (exact) mass is 281 g/mol. The molecule has 0 radical (unpaired) electrons. The van der Waals surface area contributed by atoms with Crippen LogP contribution in [0.2, 0.25) is 5.02 Å². The van der Waals surface area contributed by atoms with Crippen LogP contribution in [-0.4, -0.2) is 21.8 Å². The number of halogens is 1. The zero-order valence-electron chi connectivity index (χ0n) is 8.66. The van der Waals surface area contributed by atoms with E-state index in [1.54, 1.807) is 0 Å². The Labute approximate surface area is 101 Å². The van der Waals surface area contributed by atoms with E-state index in [0.717, 1.165) is 12.1 Å². The molecule has 7 nitrogen and oxygen atoms in total. The zero-order chi connectivity index (χ0) is 13.2. The highest BCUT2D eigenvalue weighted by atomic mass is 35.5. The SMILES string of the molecule is COc1cc(CP(=O)(O)O)c(Cl)cc1[N+](=O)[O-]. The zero-order valence-corrected chi connectivity index (χ0v) is 10.3. The minimum absolute atomic E-state index is 0.0826. The molecule has 0 saturated carbocycles. The van der Waals surface area contributed by atoms with Crippen LogP contribution in [0.25, 0.3) is 0 Å². The number of hydrogen-bond acceptors (Lipinski definition) is 4. The Balaban J connectivity index is 3.27. The van der Waals surface area contributed by atoms with Gasteiger partial charge in [-0.3, -0.25) is 14.7 Å². The highest BCUT2D eigenvalue weighted by molar-refractivity contribution is 7.50. The Kier molecular flexibility index (Phi) is 4.11. The summed E-state index contributed by atoms with van der Waals surface area (Å²) in [5, 5.41) is 10.6. The lowest BCUT2D eigenvalue weighted by atomic mass is 10.2. The molecule has 94 valence electrons. The number of methoxy groups -OCH3 is 1. The Bertz CT molecular complexity index is 499. The molecule has 2 N–H and O–H groups in total. The lowest BCUT2D eigenvalue weighted by molar-refractivity contribution is -0.385. The third-order valence-corrected chi connectivity index (χ3v) is 3.03. The van der Waals surface area contributed by atoms with Crippen molar-refractivity contribution in [1.29, 1.82) is 0 Å². The molecule has 0 bridgehead atoms. The van der Waals surface area contributed by atoms with Gasteiger partial charge in [-0.15, -0.1) is 0 Å². The lowest BCUT2D eigenvalue weighted by Gasteiger charge is -2.08. The van der Waals surface area contributed by atoms with Crippen molar-refractivity contribution in [3.8, 4) is 5.75 Å². The summed E-state index contributed by atoms with van der Waals surface area (Å²) in [5.74, 6) is -0.0946. The topological polar surface area (TPSA) is 110 Å². The summed E-state index contributed by atoms with van der Waals surface area (Å²) >= 11 is 5.71. The van der Waals surface area contributed by atoms with Crippen LogP contribution in [0, 0.1) is 10.1 Å². The van der Waals surface area contributed by atoms with Gasteiger partial charge in [0.1, 0.15) is 0 Å². The standard InChI is InChI=1S/C8H9ClNO6P/c1-16-8-2-5(4-17(13,14)15)6(9)3-7(8)10(11)12/h2-3H,4H2,1H3,(H2,13,14,15). The van der Waals surface area contributed by atoms with E-state index in [9.17, 15) is 14.7 Å². The number of rotatable bonds is 4. The van der Waals surface area contributed by atoms with E-state index < -0.39 is 18.7 Å². The van der Waals surface area contributed by atoms with Crippen molar-refractivity contribution in [2.24, 2.45) is 0 Å². The number of nitro benzene ring substituents is 1. The van der Waals surface area contributed by atoms with Crippen LogP contribution >= 0.6 is 19.2 Å². The molecule has 0 aromatic heterocycles. The number of nitrogens with zero attached hydrogens (tertiary/aromatic N) is 1. The predicted octanol–water partition coefficient (Wildman–Crippen LogP) is 1.93. The Morgan fingerprint density at radius 2 is 2.12 bits per heavy atom. The van der Waals surface area contributed by atoms with Gasteiger partial charge in [-0.05, 0) is 11.6 Å². The number of hydrogen-bond donors (Lipinski definition) is 2. The second-order valence-corrected chi connectivity index (χ2v) is 5.25. The molecule has 0 amide bonds. The highest BCUT2D eigenvalue weighted by Gasteiger charge is 2.22. The molecule has 1 rings (SSSR count). The molecule has 1 aromatic rings. The van der Waals surface area contributed by atoms with Gasteiger partial charge in [-0.25, -0.2) is 0 Å². The molecule has 0 spiro atoms. The van der Waals surface area contributed by atoms with E-state index in [1.807, 2.05) is 0 Å². The lowest BCUT2D eigenvalue weighted by Crippen LogP contribution is -1.97. The Morgan fingerprint density at radius 3 is 2.53 bits per heavy atom. The van der Waals surface area contributed by atoms with Gasteiger partial charge in [-0.1, -0.05) is 11.6 Å². The van der Waals surface area contributed by atoms with Gasteiger partial charge >= 0.3 is 13.3 Å². The molecule has 0 heterocycles. The van der Waals surface area contributed by atoms with Crippen molar-refractivity contribution in [3.63, 3.8) is 0 Å². The Hall–Kier alpha value is -1.14. The number of ether oxygens (including phenoxy) is 1. The van der Waals surface area contributed by atoms with E-state index in [1.165, 1.54) is 7.11 Å². The third-order valence-electron chi connectivity index (χ3n) is 1.92. The van der Waals surface area contributed by atoms with Crippen molar-refractivity contribution in [2.45, 2.75) is 6.16 Å². The van der Waals surface area contributed by atoms with Crippen LogP contribution in [0.4, 0.5) is 5.69 Å². The second kappa shape index (κ2) is 5.01. The maximum atomic E-state index is 10.8. The van der Waals surface area contributed by atoms with Crippen LogP contribution in [-0.2, 0) is 10.7 Å². The molecule has 0 aliphatic carbocycles. The normalized spacial score (nSPS) is 11.3. The summed E-state index contributed by atoms with van der Waals surface area (Å²) in [6.07, 6.45) is -0.597. The van der Waals surface area contributed by atoms with Crippen molar-refractivity contribution < 1.29 is 24.0 Å². The van der Waals surface area contributed by atoms with E-state index in [0.29, 0.717) is 0 Å². The summed E-state index contributed by atoms with van der Waals surface area (Å²) in [7, 11) is -3.07. The third kappa shape index (κ3) is 3.67. The first-order chi connectivity index (χ1) is 7.74. The molecule has 1 aromatic carbocycles. The van der Waals surface area contributed by atoms with Gasteiger partial charge in [0.25, 0.3) is 0 Å². The highest BCUT2D eigenvalue weighted by Crippen LogP contribution is 2.43. The van der Waals surface area contributed by atoms with Crippen molar-refractivity contribution >= 4 is 24.9 Å². The molecular formula is C8H9ClNO6P. The molecule has 0 aliphatic heterocycles. The largest absolute Gasteiger partial charge is 0.490 e. The minimum atomic E-state index is -4.29. The summed E-state index contributed by atoms with van der Waals surface area (Å²) in [6, 6.07) is 2.16. The fourth-order valence-electron chi connectivity index (χ4n) is 1.23.